The van der Waals surface area contributed by atoms with E-state index in [1.807, 2.05) is 49.8 Å². The Balaban J connectivity index is 2.64. The zero-order valence-corrected chi connectivity index (χ0v) is 17.8. The molecule has 0 spiro atoms. The van der Waals surface area contributed by atoms with E-state index < -0.39 is 0 Å². The lowest BCUT2D eigenvalue weighted by molar-refractivity contribution is -0.131. The SMILES string of the molecule is CCNC(=NCCC(C)c1ccc(OC)cc1)N(C)CC(=O)N(CC)CC. The maximum Gasteiger partial charge on any atom is 0.242 e. The number of benzene rings is 1. The molecule has 1 rings (SSSR count). The Labute approximate surface area is 164 Å². The van der Waals surface area contributed by atoms with Crippen LogP contribution >= 0.6 is 0 Å². The van der Waals surface area contributed by atoms with Crippen LogP contribution in [0.15, 0.2) is 29.3 Å². The smallest absolute Gasteiger partial charge is 0.242 e. The van der Waals surface area contributed by atoms with Gasteiger partial charge in [-0.3, -0.25) is 9.79 Å². The lowest BCUT2D eigenvalue weighted by atomic mass is 9.98. The third kappa shape index (κ3) is 7.49. The number of nitrogens with zero attached hydrogens (tertiary/aromatic N) is 3. The van der Waals surface area contributed by atoms with Crippen molar-refractivity contribution in [1.29, 1.82) is 0 Å². The molecular formula is C21H36N4O2. The predicted molar refractivity (Wildman–Crippen MR) is 113 cm³/mol. The number of likely N-dealkylation sites (N-methyl/N-ethyl adjacent to an activating group) is 2. The molecule has 1 aromatic carbocycles. The lowest BCUT2D eigenvalue weighted by Crippen LogP contribution is -2.45. The van der Waals surface area contributed by atoms with E-state index >= 15 is 0 Å². The van der Waals surface area contributed by atoms with E-state index in [0.29, 0.717) is 19.0 Å². The summed E-state index contributed by atoms with van der Waals surface area (Å²) >= 11 is 0. The van der Waals surface area contributed by atoms with Gasteiger partial charge in [0.25, 0.3) is 0 Å². The van der Waals surface area contributed by atoms with Crippen LogP contribution < -0.4 is 10.1 Å². The molecule has 0 saturated heterocycles. The van der Waals surface area contributed by atoms with Gasteiger partial charge in [0.1, 0.15) is 5.75 Å². The summed E-state index contributed by atoms with van der Waals surface area (Å²) in [5.74, 6) is 2.18. The van der Waals surface area contributed by atoms with E-state index in [1.54, 1.807) is 7.11 Å². The van der Waals surface area contributed by atoms with Gasteiger partial charge >= 0.3 is 0 Å². The molecule has 0 aromatic heterocycles. The van der Waals surface area contributed by atoms with Crippen LogP contribution in [-0.4, -0.2) is 68.5 Å². The predicted octanol–water partition coefficient (Wildman–Crippen LogP) is 2.95. The number of hydrogen-bond acceptors (Lipinski definition) is 3. The fourth-order valence-electron chi connectivity index (χ4n) is 2.89. The van der Waals surface area contributed by atoms with Crippen molar-refractivity contribution in [2.24, 2.45) is 4.99 Å². The van der Waals surface area contributed by atoms with Gasteiger partial charge in [-0.25, -0.2) is 0 Å². The number of hydrogen-bond donors (Lipinski definition) is 1. The van der Waals surface area contributed by atoms with Crippen molar-refractivity contribution in [3.63, 3.8) is 0 Å². The standard InChI is InChI=1S/C21H36N4O2/c1-7-22-21(24(5)16-20(26)25(8-2)9-3)23-15-14-17(4)18-10-12-19(27-6)13-11-18/h10-13,17H,7-9,14-16H2,1-6H3,(H,22,23). The normalized spacial score (nSPS) is 12.4. The molecule has 1 N–H and O–H groups in total. The molecule has 6 heteroatoms. The van der Waals surface area contributed by atoms with Crippen molar-refractivity contribution >= 4 is 11.9 Å². The third-order valence-electron chi connectivity index (χ3n) is 4.69. The van der Waals surface area contributed by atoms with E-state index in [2.05, 4.69) is 24.4 Å². The summed E-state index contributed by atoms with van der Waals surface area (Å²) in [7, 11) is 3.59. The summed E-state index contributed by atoms with van der Waals surface area (Å²) in [6.45, 7) is 11.5. The van der Waals surface area contributed by atoms with Gasteiger partial charge in [-0.15, -0.1) is 0 Å². The second kappa shape index (κ2) is 12.2. The fourth-order valence-corrected chi connectivity index (χ4v) is 2.89. The molecular weight excluding hydrogens is 340 g/mol. The van der Waals surface area contributed by atoms with Crippen molar-refractivity contribution in [3.05, 3.63) is 29.8 Å². The first-order valence-corrected chi connectivity index (χ1v) is 9.87. The van der Waals surface area contributed by atoms with Crippen LogP contribution in [0, 0.1) is 0 Å². The summed E-state index contributed by atoms with van der Waals surface area (Å²) in [4.78, 5) is 20.8. The first-order valence-electron chi connectivity index (χ1n) is 9.87. The molecule has 1 unspecified atom stereocenters. The minimum absolute atomic E-state index is 0.125. The molecule has 0 fully saturated rings. The first-order chi connectivity index (χ1) is 13.0. The van der Waals surface area contributed by atoms with E-state index in [0.717, 1.165) is 37.8 Å². The summed E-state index contributed by atoms with van der Waals surface area (Å²) in [5, 5.41) is 3.28. The number of rotatable bonds is 10. The topological polar surface area (TPSA) is 57.2 Å². The van der Waals surface area contributed by atoms with Crippen LogP contribution in [-0.2, 0) is 4.79 Å². The van der Waals surface area contributed by atoms with Gasteiger partial charge in [0.15, 0.2) is 5.96 Å². The van der Waals surface area contributed by atoms with Gasteiger partial charge in [-0.2, -0.15) is 0 Å². The molecule has 1 amide bonds. The van der Waals surface area contributed by atoms with Crippen molar-refractivity contribution in [2.45, 2.75) is 40.0 Å². The zero-order valence-electron chi connectivity index (χ0n) is 17.8. The summed E-state index contributed by atoms with van der Waals surface area (Å²) < 4.78 is 5.21. The Morgan fingerprint density at radius 2 is 1.81 bits per heavy atom. The van der Waals surface area contributed by atoms with Gasteiger partial charge in [0.2, 0.25) is 5.91 Å². The molecule has 0 heterocycles. The summed E-state index contributed by atoms with van der Waals surface area (Å²) in [6.07, 6.45) is 0.944. The molecule has 0 aliphatic heterocycles. The van der Waals surface area contributed by atoms with Crippen LogP contribution in [0.1, 0.15) is 45.6 Å². The Hall–Kier alpha value is -2.24. The molecule has 0 bridgehead atoms. The van der Waals surface area contributed by atoms with Crippen LogP contribution in [0.2, 0.25) is 0 Å². The first kappa shape index (κ1) is 22.8. The highest BCUT2D eigenvalue weighted by Crippen LogP contribution is 2.21. The van der Waals surface area contributed by atoms with Crippen LogP contribution in [0.5, 0.6) is 5.75 Å². The molecule has 27 heavy (non-hydrogen) atoms. The summed E-state index contributed by atoms with van der Waals surface area (Å²) in [5.41, 5.74) is 1.28. The van der Waals surface area contributed by atoms with Gasteiger partial charge < -0.3 is 19.9 Å². The number of carbonyl (C=O) groups excluding carboxylic acids is 1. The molecule has 0 aliphatic carbocycles. The van der Waals surface area contributed by atoms with Gasteiger partial charge in [0, 0.05) is 33.2 Å². The molecule has 0 saturated carbocycles. The second-order valence-corrected chi connectivity index (χ2v) is 6.62. The third-order valence-corrected chi connectivity index (χ3v) is 4.69. The maximum atomic E-state index is 12.3. The van der Waals surface area contributed by atoms with Crippen molar-refractivity contribution in [3.8, 4) is 5.75 Å². The quantitative estimate of drug-likeness (QED) is 0.504. The molecule has 6 nitrogen and oxygen atoms in total. The van der Waals surface area contributed by atoms with E-state index in [-0.39, 0.29) is 5.91 Å². The van der Waals surface area contributed by atoms with Gasteiger partial charge in [0.05, 0.1) is 13.7 Å². The number of ether oxygens (including phenoxy) is 1. The minimum atomic E-state index is 0.125. The number of aliphatic imine (C=N–C) groups is 1. The lowest BCUT2D eigenvalue weighted by Gasteiger charge is -2.25. The van der Waals surface area contributed by atoms with Crippen molar-refractivity contribution < 1.29 is 9.53 Å². The van der Waals surface area contributed by atoms with E-state index in [9.17, 15) is 4.79 Å². The highest BCUT2D eigenvalue weighted by Gasteiger charge is 2.15. The average molecular weight is 377 g/mol. The van der Waals surface area contributed by atoms with Crippen LogP contribution in [0.25, 0.3) is 0 Å². The maximum absolute atomic E-state index is 12.3. The Morgan fingerprint density at radius 1 is 1.19 bits per heavy atom. The molecule has 0 aliphatic rings. The summed E-state index contributed by atoms with van der Waals surface area (Å²) in [6, 6.07) is 8.19. The van der Waals surface area contributed by atoms with Crippen molar-refractivity contribution in [2.75, 3.05) is 46.9 Å². The number of guanidine groups is 1. The highest BCUT2D eigenvalue weighted by molar-refractivity contribution is 5.86. The Bertz CT molecular complexity index is 582. The van der Waals surface area contributed by atoms with Crippen molar-refractivity contribution in [1.82, 2.24) is 15.1 Å². The Kier molecular flexibility index (Phi) is 10.3. The number of carbonyl (C=O) groups is 1. The second-order valence-electron chi connectivity index (χ2n) is 6.62. The molecule has 1 atom stereocenters. The van der Waals surface area contributed by atoms with Crippen LogP contribution in [0.3, 0.4) is 0 Å². The monoisotopic (exact) mass is 376 g/mol. The van der Waals surface area contributed by atoms with Gasteiger partial charge in [-0.1, -0.05) is 19.1 Å². The highest BCUT2D eigenvalue weighted by atomic mass is 16.5. The molecule has 0 radical (unpaired) electrons. The number of methoxy groups -OCH3 is 1. The fraction of sp³-hybridized carbons (Fsp3) is 0.619. The Morgan fingerprint density at radius 3 is 2.33 bits per heavy atom. The zero-order chi connectivity index (χ0) is 20.2. The number of nitrogens with one attached hydrogen (secondary N) is 1. The molecule has 1 aromatic rings. The van der Waals surface area contributed by atoms with E-state index in [1.165, 1.54) is 5.56 Å². The largest absolute Gasteiger partial charge is 0.497 e. The average Bonchev–Trinajstić information content (AvgIpc) is 2.68. The van der Waals surface area contributed by atoms with Gasteiger partial charge in [-0.05, 0) is 50.8 Å². The number of amides is 1. The minimum Gasteiger partial charge on any atom is -0.497 e. The molecule has 152 valence electrons. The van der Waals surface area contributed by atoms with Crippen LogP contribution in [0.4, 0.5) is 0 Å². The van der Waals surface area contributed by atoms with E-state index in [4.69, 9.17) is 9.73 Å².